The van der Waals surface area contributed by atoms with Crippen molar-refractivity contribution in [3.8, 4) is 5.75 Å². The zero-order valence-corrected chi connectivity index (χ0v) is 17.1. The minimum atomic E-state index is -1.16. The van der Waals surface area contributed by atoms with Gasteiger partial charge in [0.05, 0.1) is 5.02 Å². The monoisotopic (exact) mass is 423 g/mol. The number of carboxylic acid groups (broad SMARTS) is 1. The molecule has 3 aromatic carbocycles. The van der Waals surface area contributed by atoms with Crippen molar-refractivity contribution in [1.82, 2.24) is 4.90 Å². The van der Waals surface area contributed by atoms with Gasteiger partial charge in [0.25, 0.3) is 5.91 Å². The summed E-state index contributed by atoms with van der Waals surface area (Å²) in [4.78, 5) is 26.1. The van der Waals surface area contributed by atoms with Gasteiger partial charge in [-0.3, -0.25) is 4.79 Å². The summed E-state index contributed by atoms with van der Waals surface area (Å²) in [7, 11) is 0. The molecular formula is C24H22ClNO4. The van der Waals surface area contributed by atoms with Crippen molar-refractivity contribution in [3.05, 3.63) is 101 Å². The van der Waals surface area contributed by atoms with Gasteiger partial charge in [-0.05, 0) is 29.7 Å². The summed E-state index contributed by atoms with van der Waals surface area (Å²) in [5.41, 5.74) is 2.06. The number of hydrogen-bond acceptors (Lipinski definition) is 3. The number of rotatable bonds is 9. The highest BCUT2D eigenvalue weighted by atomic mass is 35.5. The summed E-state index contributed by atoms with van der Waals surface area (Å²) in [6.45, 7) is 0.644. The second-order valence-corrected chi connectivity index (χ2v) is 7.15. The molecule has 154 valence electrons. The van der Waals surface area contributed by atoms with Crippen LogP contribution in [0.15, 0.2) is 78.9 Å². The van der Waals surface area contributed by atoms with Gasteiger partial charge in [0.2, 0.25) is 0 Å². The molecule has 0 spiro atoms. The lowest BCUT2D eigenvalue weighted by Crippen LogP contribution is -2.36. The maximum atomic E-state index is 12.9. The number of para-hydroxylation sites is 1. The molecule has 0 unspecified atom stereocenters. The molecule has 0 saturated carbocycles. The molecule has 3 aromatic rings. The lowest BCUT2D eigenvalue weighted by atomic mass is 10.1. The highest BCUT2D eigenvalue weighted by Gasteiger charge is 2.19. The fraction of sp³-hybridized carbons (Fsp3) is 0.167. The molecule has 0 saturated heterocycles. The van der Waals surface area contributed by atoms with Crippen LogP contribution in [-0.4, -0.2) is 35.0 Å². The fourth-order valence-corrected chi connectivity index (χ4v) is 3.28. The Morgan fingerprint density at radius 3 is 2.13 bits per heavy atom. The molecule has 5 nitrogen and oxygen atoms in total. The number of carbonyl (C=O) groups excluding carboxylic acids is 1. The van der Waals surface area contributed by atoms with Crippen molar-refractivity contribution in [2.45, 2.75) is 13.0 Å². The topological polar surface area (TPSA) is 66.8 Å². The van der Waals surface area contributed by atoms with Crippen LogP contribution in [-0.2, 0) is 17.8 Å². The van der Waals surface area contributed by atoms with Crippen LogP contribution < -0.4 is 4.74 Å². The summed E-state index contributed by atoms with van der Waals surface area (Å²) in [5.74, 6) is -1.40. The Bertz CT molecular complexity index is 993. The normalized spacial score (nSPS) is 10.4. The average Bonchev–Trinajstić information content (AvgIpc) is 2.76. The van der Waals surface area contributed by atoms with E-state index in [9.17, 15) is 14.7 Å². The van der Waals surface area contributed by atoms with E-state index in [1.807, 2.05) is 60.7 Å². The first-order valence-electron chi connectivity index (χ1n) is 9.55. The standard InChI is InChI=1S/C24H22ClNO4/c25-21-13-7-12-20(24(28)29)23(21)30-17-22(27)26(16-19-10-5-2-6-11-19)15-14-18-8-3-1-4-9-18/h1-13H,14-17H2,(H,28,29). The maximum Gasteiger partial charge on any atom is 0.339 e. The van der Waals surface area contributed by atoms with Crippen LogP contribution in [0.25, 0.3) is 0 Å². The van der Waals surface area contributed by atoms with Crippen molar-refractivity contribution >= 4 is 23.5 Å². The highest BCUT2D eigenvalue weighted by Crippen LogP contribution is 2.28. The molecule has 0 heterocycles. The van der Waals surface area contributed by atoms with Crippen molar-refractivity contribution < 1.29 is 19.4 Å². The van der Waals surface area contributed by atoms with Gasteiger partial charge >= 0.3 is 5.97 Å². The molecule has 0 atom stereocenters. The Balaban J connectivity index is 1.72. The van der Waals surface area contributed by atoms with Crippen molar-refractivity contribution in [2.75, 3.05) is 13.2 Å². The first-order valence-corrected chi connectivity index (χ1v) is 9.92. The number of halogens is 1. The van der Waals surface area contributed by atoms with Crippen LogP contribution in [0.1, 0.15) is 21.5 Å². The Kier molecular flexibility index (Phi) is 7.46. The predicted octanol–water partition coefficient (Wildman–Crippen LogP) is 4.69. The first kappa shape index (κ1) is 21.4. The van der Waals surface area contributed by atoms with E-state index >= 15 is 0 Å². The third-order valence-corrected chi connectivity index (χ3v) is 4.92. The Morgan fingerprint density at radius 2 is 1.50 bits per heavy atom. The Labute approximate surface area is 180 Å². The zero-order valence-electron chi connectivity index (χ0n) is 16.3. The van der Waals surface area contributed by atoms with Gasteiger partial charge in [0, 0.05) is 13.1 Å². The molecule has 1 N–H and O–H groups in total. The number of hydrogen-bond donors (Lipinski definition) is 1. The third kappa shape index (κ3) is 5.84. The van der Waals surface area contributed by atoms with Gasteiger partial charge in [0.1, 0.15) is 5.56 Å². The van der Waals surface area contributed by atoms with Crippen LogP contribution in [0.4, 0.5) is 0 Å². The fourth-order valence-electron chi connectivity index (χ4n) is 3.05. The quantitative estimate of drug-likeness (QED) is 0.542. The van der Waals surface area contributed by atoms with E-state index in [-0.39, 0.29) is 28.8 Å². The molecule has 0 fully saturated rings. The SMILES string of the molecule is O=C(O)c1cccc(Cl)c1OCC(=O)N(CCc1ccccc1)Cc1ccccc1. The van der Waals surface area contributed by atoms with Crippen molar-refractivity contribution in [2.24, 2.45) is 0 Å². The van der Waals surface area contributed by atoms with Gasteiger partial charge in [-0.15, -0.1) is 0 Å². The van der Waals surface area contributed by atoms with Crippen LogP contribution >= 0.6 is 11.6 Å². The van der Waals surface area contributed by atoms with Crippen LogP contribution in [0.5, 0.6) is 5.75 Å². The lowest BCUT2D eigenvalue weighted by molar-refractivity contribution is -0.134. The number of carbonyl (C=O) groups is 2. The van der Waals surface area contributed by atoms with E-state index in [2.05, 4.69) is 0 Å². The molecule has 0 aliphatic carbocycles. The Hall–Kier alpha value is -3.31. The molecule has 0 aliphatic rings. The second-order valence-electron chi connectivity index (χ2n) is 6.75. The van der Waals surface area contributed by atoms with Crippen molar-refractivity contribution in [1.29, 1.82) is 0 Å². The second kappa shape index (κ2) is 10.5. The van der Waals surface area contributed by atoms with E-state index in [0.29, 0.717) is 19.5 Å². The van der Waals surface area contributed by atoms with Crippen LogP contribution in [0, 0.1) is 0 Å². The number of ether oxygens (including phenoxy) is 1. The summed E-state index contributed by atoms with van der Waals surface area (Å²) in [5, 5.41) is 9.49. The lowest BCUT2D eigenvalue weighted by Gasteiger charge is -2.23. The molecule has 0 bridgehead atoms. The summed E-state index contributed by atoms with van der Waals surface area (Å²) in [6.07, 6.45) is 0.700. The molecule has 0 aromatic heterocycles. The van der Waals surface area contributed by atoms with Crippen molar-refractivity contribution in [3.63, 3.8) is 0 Å². The smallest absolute Gasteiger partial charge is 0.339 e. The molecule has 3 rings (SSSR count). The summed E-state index contributed by atoms with van der Waals surface area (Å²) >= 11 is 6.09. The molecule has 0 aliphatic heterocycles. The molecular weight excluding hydrogens is 402 g/mol. The molecule has 30 heavy (non-hydrogen) atoms. The van der Waals surface area contributed by atoms with E-state index in [1.54, 1.807) is 4.90 Å². The summed E-state index contributed by atoms with van der Waals surface area (Å²) in [6, 6.07) is 24.1. The molecule has 6 heteroatoms. The van der Waals surface area contributed by atoms with Gasteiger partial charge < -0.3 is 14.7 Å². The minimum Gasteiger partial charge on any atom is -0.481 e. The predicted molar refractivity (Wildman–Crippen MR) is 116 cm³/mol. The van der Waals surface area contributed by atoms with E-state index < -0.39 is 5.97 Å². The number of benzene rings is 3. The largest absolute Gasteiger partial charge is 0.481 e. The van der Waals surface area contributed by atoms with Crippen LogP contribution in [0.2, 0.25) is 5.02 Å². The maximum absolute atomic E-state index is 12.9. The van der Waals surface area contributed by atoms with Gasteiger partial charge in [-0.25, -0.2) is 4.79 Å². The molecule has 0 radical (unpaired) electrons. The third-order valence-electron chi connectivity index (χ3n) is 4.62. The number of carboxylic acids is 1. The summed E-state index contributed by atoms with van der Waals surface area (Å²) < 4.78 is 5.56. The minimum absolute atomic E-state index is 0.00253. The number of aromatic carboxylic acids is 1. The Morgan fingerprint density at radius 1 is 0.867 bits per heavy atom. The van der Waals surface area contributed by atoms with Gasteiger partial charge in [-0.1, -0.05) is 78.3 Å². The average molecular weight is 424 g/mol. The van der Waals surface area contributed by atoms with Gasteiger partial charge in [-0.2, -0.15) is 0 Å². The number of nitrogens with zero attached hydrogens (tertiary/aromatic N) is 1. The van der Waals surface area contributed by atoms with E-state index in [4.69, 9.17) is 16.3 Å². The molecule has 1 amide bonds. The van der Waals surface area contributed by atoms with E-state index in [1.165, 1.54) is 18.2 Å². The van der Waals surface area contributed by atoms with Crippen LogP contribution in [0.3, 0.4) is 0 Å². The zero-order chi connectivity index (χ0) is 21.3. The van der Waals surface area contributed by atoms with E-state index in [0.717, 1.165) is 11.1 Å². The van der Waals surface area contributed by atoms with Gasteiger partial charge in [0.15, 0.2) is 12.4 Å². The first-order chi connectivity index (χ1) is 14.5. The highest BCUT2D eigenvalue weighted by molar-refractivity contribution is 6.32. The number of amides is 1.